The minimum absolute atomic E-state index is 0.222. The SMILES string of the molecule is C=CS(=O)(=O)S(=O)(=O)c1cccc2ccccc12. The molecule has 0 saturated heterocycles. The van der Waals surface area contributed by atoms with E-state index in [2.05, 4.69) is 6.58 Å². The standard InChI is InChI=1S/C12H10O4S2/c1-2-17(13,14)18(15,16)12-9-5-7-10-6-3-4-8-11(10)12/h2-9H,1H2. The van der Waals surface area contributed by atoms with Gasteiger partial charge in [-0.2, -0.15) is 0 Å². The molecule has 2 rings (SSSR count). The molecule has 0 spiro atoms. The Bertz CT molecular complexity index is 813. The van der Waals surface area contributed by atoms with Gasteiger partial charge in [-0.25, -0.2) is 16.8 Å². The summed E-state index contributed by atoms with van der Waals surface area (Å²) in [7, 11) is -8.87. The van der Waals surface area contributed by atoms with Crippen LogP contribution < -0.4 is 0 Å². The van der Waals surface area contributed by atoms with Gasteiger partial charge in [0.1, 0.15) is 0 Å². The van der Waals surface area contributed by atoms with E-state index in [1.165, 1.54) is 12.1 Å². The van der Waals surface area contributed by atoms with Crippen LogP contribution in [0, 0.1) is 0 Å². The highest BCUT2D eigenvalue weighted by atomic mass is 33.2. The van der Waals surface area contributed by atoms with Crippen molar-refractivity contribution in [1.82, 2.24) is 0 Å². The van der Waals surface area contributed by atoms with Gasteiger partial charge in [-0.3, -0.25) is 0 Å². The van der Waals surface area contributed by atoms with Crippen molar-refractivity contribution >= 4 is 28.5 Å². The lowest BCUT2D eigenvalue weighted by atomic mass is 10.1. The zero-order valence-electron chi connectivity index (χ0n) is 9.28. The van der Waals surface area contributed by atoms with E-state index in [9.17, 15) is 16.8 Å². The molecular formula is C12H10O4S2. The second-order valence-corrected chi connectivity index (χ2v) is 8.97. The van der Waals surface area contributed by atoms with Crippen LogP contribution in [-0.2, 0) is 17.7 Å². The van der Waals surface area contributed by atoms with Crippen molar-refractivity contribution in [2.24, 2.45) is 0 Å². The second kappa shape index (κ2) is 4.22. The Labute approximate surface area is 105 Å². The summed E-state index contributed by atoms with van der Waals surface area (Å²) in [5.74, 6) is 0. The fourth-order valence-corrected chi connectivity index (χ4v) is 4.48. The molecule has 0 unspecified atom stereocenters. The van der Waals surface area contributed by atoms with Crippen LogP contribution >= 0.6 is 0 Å². The smallest absolute Gasteiger partial charge is 0.208 e. The Balaban J connectivity index is 2.90. The van der Waals surface area contributed by atoms with E-state index in [4.69, 9.17) is 0 Å². The number of benzene rings is 2. The Morgan fingerprint density at radius 1 is 0.889 bits per heavy atom. The van der Waals surface area contributed by atoms with Gasteiger partial charge in [0.05, 0.1) is 4.90 Å². The number of fused-ring (bicyclic) bond motifs is 1. The molecule has 0 aliphatic heterocycles. The van der Waals surface area contributed by atoms with Crippen LogP contribution in [0.1, 0.15) is 0 Å². The molecule has 2 aromatic rings. The fourth-order valence-electron chi connectivity index (χ4n) is 1.63. The first-order valence-electron chi connectivity index (χ1n) is 5.00. The lowest BCUT2D eigenvalue weighted by molar-refractivity contribution is 0.588. The van der Waals surface area contributed by atoms with Crippen molar-refractivity contribution in [1.29, 1.82) is 0 Å². The van der Waals surface area contributed by atoms with Crippen LogP contribution in [-0.4, -0.2) is 16.8 Å². The highest BCUT2D eigenvalue weighted by molar-refractivity contribution is 8.68. The zero-order chi connectivity index (χ0) is 13.4. The molecule has 0 aliphatic rings. The fraction of sp³-hybridized carbons (Fsp3) is 0. The third-order valence-electron chi connectivity index (χ3n) is 2.53. The first-order valence-corrected chi connectivity index (χ1v) is 8.55. The topological polar surface area (TPSA) is 68.3 Å². The van der Waals surface area contributed by atoms with Crippen molar-refractivity contribution in [3.05, 3.63) is 54.5 Å². The van der Waals surface area contributed by atoms with Gasteiger partial charge in [0.15, 0.2) is 0 Å². The van der Waals surface area contributed by atoms with E-state index in [1.54, 1.807) is 30.3 Å². The average molecular weight is 282 g/mol. The normalized spacial score (nSPS) is 12.4. The highest BCUT2D eigenvalue weighted by Gasteiger charge is 2.30. The highest BCUT2D eigenvalue weighted by Crippen LogP contribution is 2.26. The van der Waals surface area contributed by atoms with Crippen LogP contribution in [0.2, 0.25) is 0 Å². The molecule has 0 amide bonds. The van der Waals surface area contributed by atoms with Crippen molar-refractivity contribution in [3.63, 3.8) is 0 Å². The van der Waals surface area contributed by atoms with Crippen molar-refractivity contribution < 1.29 is 16.8 Å². The lowest BCUT2D eigenvalue weighted by Crippen LogP contribution is -2.13. The molecule has 4 nitrogen and oxygen atoms in total. The van der Waals surface area contributed by atoms with E-state index in [-0.39, 0.29) is 4.90 Å². The van der Waals surface area contributed by atoms with Gasteiger partial charge >= 0.3 is 0 Å². The Hall–Kier alpha value is -1.66. The first kappa shape index (κ1) is 12.8. The zero-order valence-corrected chi connectivity index (χ0v) is 10.9. The van der Waals surface area contributed by atoms with Crippen molar-refractivity contribution in [3.8, 4) is 0 Å². The van der Waals surface area contributed by atoms with Crippen LogP contribution in [0.5, 0.6) is 0 Å². The van der Waals surface area contributed by atoms with E-state index in [0.29, 0.717) is 16.2 Å². The van der Waals surface area contributed by atoms with E-state index in [1.807, 2.05) is 0 Å². The molecule has 0 aliphatic carbocycles. The first-order chi connectivity index (χ1) is 8.40. The summed E-state index contributed by atoms with van der Waals surface area (Å²) in [6.45, 7) is 3.04. The summed E-state index contributed by atoms with van der Waals surface area (Å²) in [4.78, 5) is -0.222. The summed E-state index contributed by atoms with van der Waals surface area (Å²) < 4.78 is 47.2. The van der Waals surface area contributed by atoms with Gasteiger partial charge in [0.25, 0.3) is 17.7 Å². The summed E-state index contributed by atoms with van der Waals surface area (Å²) in [5.41, 5.74) is 0. The minimum atomic E-state index is -4.46. The maximum Gasteiger partial charge on any atom is 0.286 e. The number of hydrogen-bond acceptors (Lipinski definition) is 4. The predicted molar refractivity (Wildman–Crippen MR) is 70.3 cm³/mol. The molecule has 0 atom stereocenters. The third-order valence-corrected chi connectivity index (χ3v) is 7.23. The molecule has 0 radical (unpaired) electrons. The maximum absolute atomic E-state index is 12.0. The molecule has 0 fully saturated rings. The summed E-state index contributed by atoms with van der Waals surface area (Å²) >= 11 is 0. The van der Waals surface area contributed by atoms with Gasteiger partial charge in [-0.05, 0) is 11.5 Å². The molecule has 0 heterocycles. The van der Waals surface area contributed by atoms with Crippen LogP contribution in [0.25, 0.3) is 10.8 Å². The van der Waals surface area contributed by atoms with Crippen molar-refractivity contribution in [2.75, 3.05) is 0 Å². The Morgan fingerprint density at radius 2 is 1.50 bits per heavy atom. The van der Waals surface area contributed by atoms with Gasteiger partial charge in [-0.15, -0.1) is 0 Å². The second-order valence-electron chi connectivity index (χ2n) is 3.59. The lowest BCUT2D eigenvalue weighted by Gasteiger charge is -2.06. The molecule has 0 N–H and O–H groups in total. The number of rotatable bonds is 3. The molecule has 0 bridgehead atoms. The maximum atomic E-state index is 12.0. The summed E-state index contributed by atoms with van der Waals surface area (Å²) in [6, 6.07) is 11.2. The molecule has 94 valence electrons. The molecule has 0 aromatic heterocycles. The Kier molecular flexibility index (Phi) is 3.00. The molecule has 2 aromatic carbocycles. The van der Waals surface area contributed by atoms with Gasteiger partial charge in [-0.1, -0.05) is 43.0 Å². The largest absolute Gasteiger partial charge is 0.286 e. The van der Waals surface area contributed by atoms with Gasteiger partial charge in [0.2, 0.25) is 0 Å². The van der Waals surface area contributed by atoms with Gasteiger partial charge < -0.3 is 0 Å². The number of hydrogen-bond donors (Lipinski definition) is 0. The molecular weight excluding hydrogens is 272 g/mol. The van der Waals surface area contributed by atoms with Crippen molar-refractivity contribution in [2.45, 2.75) is 4.90 Å². The average Bonchev–Trinajstić information content (AvgIpc) is 2.37. The van der Waals surface area contributed by atoms with E-state index < -0.39 is 17.7 Å². The molecule has 0 saturated carbocycles. The van der Waals surface area contributed by atoms with E-state index >= 15 is 0 Å². The monoisotopic (exact) mass is 282 g/mol. The third kappa shape index (κ3) is 1.83. The van der Waals surface area contributed by atoms with Crippen LogP contribution in [0.3, 0.4) is 0 Å². The summed E-state index contributed by atoms with van der Waals surface area (Å²) in [6.07, 6.45) is 0. The molecule has 18 heavy (non-hydrogen) atoms. The summed E-state index contributed by atoms with van der Waals surface area (Å²) in [5, 5.41) is 1.49. The predicted octanol–water partition coefficient (Wildman–Crippen LogP) is 2.09. The quantitative estimate of drug-likeness (QED) is 0.808. The Morgan fingerprint density at radius 3 is 2.17 bits per heavy atom. The van der Waals surface area contributed by atoms with Crippen LogP contribution in [0.15, 0.2) is 59.3 Å². The van der Waals surface area contributed by atoms with E-state index in [0.717, 1.165) is 0 Å². The van der Waals surface area contributed by atoms with Crippen LogP contribution in [0.4, 0.5) is 0 Å². The van der Waals surface area contributed by atoms with Gasteiger partial charge in [0, 0.05) is 10.8 Å². The minimum Gasteiger partial charge on any atom is -0.208 e. The molecule has 6 heteroatoms.